The van der Waals surface area contributed by atoms with Crippen molar-refractivity contribution in [2.75, 3.05) is 33.3 Å². The Balaban J connectivity index is 0.00000288. The standard InChI is InChI=1S/C17H32N4O2.HI/c1-4-18-17(19-11-13(2)16(22)23-3)20-14-9-10-21(12-14)15-7-5-6-8-15;/h13-15H,4-12H2,1-3H3,(H2,18,19,20);1H. The predicted octanol–water partition coefficient (Wildman–Crippen LogP) is 1.99. The first-order valence-electron chi connectivity index (χ1n) is 9.00. The van der Waals surface area contributed by atoms with Crippen LogP contribution in [0.4, 0.5) is 0 Å². The van der Waals surface area contributed by atoms with Gasteiger partial charge in [-0.3, -0.25) is 14.7 Å². The lowest BCUT2D eigenvalue weighted by atomic mass is 10.2. The summed E-state index contributed by atoms with van der Waals surface area (Å²) in [5.74, 6) is 0.383. The predicted molar refractivity (Wildman–Crippen MR) is 108 cm³/mol. The molecule has 2 N–H and O–H groups in total. The van der Waals surface area contributed by atoms with Gasteiger partial charge in [-0.15, -0.1) is 24.0 Å². The van der Waals surface area contributed by atoms with Crippen LogP contribution in [0.25, 0.3) is 0 Å². The molecule has 0 aromatic heterocycles. The number of nitrogens with zero attached hydrogens (tertiary/aromatic N) is 2. The lowest BCUT2D eigenvalue weighted by Crippen LogP contribution is -2.45. The van der Waals surface area contributed by atoms with Gasteiger partial charge in [0, 0.05) is 31.7 Å². The molecule has 1 saturated carbocycles. The number of halogens is 1. The van der Waals surface area contributed by atoms with Crippen LogP contribution in [0.3, 0.4) is 0 Å². The summed E-state index contributed by atoms with van der Waals surface area (Å²) in [4.78, 5) is 18.7. The molecule has 0 aromatic carbocycles. The zero-order valence-corrected chi connectivity index (χ0v) is 17.5. The Labute approximate surface area is 163 Å². The Bertz CT molecular complexity index is 413. The largest absolute Gasteiger partial charge is 0.469 e. The van der Waals surface area contributed by atoms with Gasteiger partial charge in [-0.2, -0.15) is 0 Å². The molecule has 2 atom stereocenters. The highest BCUT2D eigenvalue weighted by molar-refractivity contribution is 14.0. The van der Waals surface area contributed by atoms with Crippen LogP contribution in [-0.4, -0.2) is 62.2 Å². The Hall–Kier alpha value is -0.570. The van der Waals surface area contributed by atoms with Crippen LogP contribution in [-0.2, 0) is 9.53 Å². The van der Waals surface area contributed by atoms with Gasteiger partial charge in [0.1, 0.15) is 0 Å². The summed E-state index contributed by atoms with van der Waals surface area (Å²) in [6.07, 6.45) is 6.64. The minimum Gasteiger partial charge on any atom is -0.469 e. The van der Waals surface area contributed by atoms with Crippen molar-refractivity contribution in [1.29, 1.82) is 0 Å². The fourth-order valence-corrected chi connectivity index (χ4v) is 3.52. The smallest absolute Gasteiger partial charge is 0.310 e. The van der Waals surface area contributed by atoms with Crippen LogP contribution in [0.1, 0.15) is 46.0 Å². The van der Waals surface area contributed by atoms with Gasteiger partial charge in [-0.05, 0) is 26.2 Å². The van der Waals surface area contributed by atoms with E-state index in [0.29, 0.717) is 12.6 Å². The maximum absolute atomic E-state index is 11.5. The molecule has 2 fully saturated rings. The van der Waals surface area contributed by atoms with E-state index >= 15 is 0 Å². The number of hydrogen-bond donors (Lipinski definition) is 2. The normalized spacial score (nSPS) is 23.6. The van der Waals surface area contributed by atoms with Gasteiger partial charge in [0.2, 0.25) is 0 Å². The fourth-order valence-electron chi connectivity index (χ4n) is 3.52. The van der Waals surface area contributed by atoms with Crippen molar-refractivity contribution in [3.8, 4) is 0 Å². The number of likely N-dealkylation sites (tertiary alicyclic amines) is 1. The third kappa shape index (κ3) is 6.38. The first-order chi connectivity index (χ1) is 11.1. The molecule has 7 heteroatoms. The van der Waals surface area contributed by atoms with Crippen LogP contribution in [0.2, 0.25) is 0 Å². The highest BCUT2D eigenvalue weighted by Gasteiger charge is 2.30. The van der Waals surface area contributed by atoms with Crippen LogP contribution >= 0.6 is 24.0 Å². The SMILES string of the molecule is CCNC(=NCC(C)C(=O)OC)NC1CCN(C2CCCC2)C1.I. The molecule has 2 aliphatic rings. The Morgan fingerprint density at radius 1 is 1.33 bits per heavy atom. The molecule has 24 heavy (non-hydrogen) atoms. The van der Waals surface area contributed by atoms with Crippen molar-refractivity contribution in [3.05, 3.63) is 0 Å². The third-order valence-electron chi connectivity index (χ3n) is 4.87. The number of ether oxygens (including phenoxy) is 1. The van der Waals surface area contributed by atoms with Crippen LogP contribution in [0.5, 0.6) is 0 Å². The molecule has 0 aromatic rings. The monoisotopic (exact) mass is 452 g/mol. The second-order valence-corrected chi connectivity index (χ2v) is 6.71. The van der Waals surface area contributed by atoms with Gasteiger partial charge >= 0.3 is 5.97 Å². The summed E-state index contributed by atoms with van der Waals surface area (Å²) in [5.41, 5.74) is 0. The van der Waals surface area contributed by atoms with Gasteiger partial charge in [0.25, 0.3) is 0 Å². The van der Waals surface area contributed by atoms with Crippen LogP contribution < -0.4 is 10.6 Å². The third-order valence-corrected chi connectivity index (χ3v) is 4.87. The molecule has 2 unspecified atom stereocenters. The molecule has 1 aliphatic carbocycles. The minimum absolute atomic E-state index is 0. The van der Waals surface area contributed by atoms with Crippen molar-refractivity contribution in [1.82, 2.24) is 15.5 Å². The summed E-state index contributed by atoms with van der Waals surface area (Å²) >= 11 is 0. The van der Waals surface area contributed by atoms with Gasteiger partial charge in [-0.1, -0.05) is 19.8 Å². The van der Waals surface area contributed by atoms with E-state index in [0.717, 1.165) is 31.5 Å². The average molecular weight is 452 g/mol. The lowest BCUT2D eigenvalue weighted by molar-refractivity contribution is -0.144. The fraction of sp³-hybridized carbons (Fsp3) is 0.882. The van der Waals surface area contributed by atoms with Gasteiger partial charge < -0.3 is 15.4 Å². The molecular formula is C17H33IN4O2. The number of guanidine groups is 1. The second kappa shape index (κ2) is 11.1. The highest BCUT2D eigenvalue weighted by Crippen LogP contribution is 2.26. The molecular weight excluding hydrogens is 419 g/mol. The first kappa shape index (κ1) is 21.5. The number of nitrogens with one attached hydrogen (secondary N) is 2. The van der Waals surface area contributed by atoms with Crippen LogP contribution in [0, 0.1) is 5.92 Å². The van der Waals surface area contributed by atoms with E-state index in [1.54, 1.807) is 0 Å². The number of rotatable bonds is 6. The van der Waals surface area contributed by atoms with Crippen molar-refractivity contribution in [2.45, 2.75) is 58.0 Å². The highest BCUT2D eigenvalue weighted by atomic mass is 127. The summed E-state index contributed by atoms with van der Waals surface area (Å²) in [5, 5.41) is 6.80. The zero-order chi connectivity index (χ0) is 16.7. The van der Waals surface area contributed by atoms with Crippen molar-refractivity contribution < 1.29 is 9.53 Å². The Morgan fingerprint density at radius 2 is 2.04 bits per heavy atom. The van der Waals surface area contributed by atoms with Crippen LogP contribution in [0.15, 0.2) is 4.99 Å². The summed E-state index contributed by atoms with van der Waals surface area (Å²) in [6.45, 7) is 7.44. The number of carbonyl (C=O) groups excluding carboxylic acids is 1. The molecule has 0 spiro atoms. The van der Waals surface area contributed by atoms with E-state index in [1.807, 2.05) is 6.92 Å². The van der Waals surface area contributed by atoms with E-state index in [1.165, 1.54) is 39.3 Å². The van der Waals surface area contributed by atoms with Gasteiger partial charge in [-0.25, -0.2) is 0 Å². The minimum atomic E-state index is -0.214. The molecule has 2 rings (SSSR count). The van der Waals surface area contributed by atoms with E-state index in [9.17, 15) is 4.79 Å². The van der Waals surface area contributed by atoms with Gasteiger partial charge in [0.05, 0.1) is 19.6 Å². The number of esters is 1. The number of hydrogen-bond acceptors (Lipinski definition) is 4. The average Bonchev–Trinajstić information content (AvgIpc) is 3.22. The quantitative estimate of drug-likeness (QED) is 0.279. The van der Waals surface area contributed by atoms with E-state index in [2.05, 4.69) is 27.4 Å². The number of carbonyl (C=O) groups is 1. The molecule has 140 valence electrons. The van der Waals surface area contributed by atoms with E-state index < -0.39 is 0 Å². The van der Waals surface area contributed by atoms with Crippen molar-refractivity contribution in [3.63, 3.8) is 0 Å². The van der Waals surface area contributed by atoms with Crippen molar-refractivity contribution in [2.24, 2.45) is 10.9 Å². The molecule has 1 saturated heterocycles. The molecule has 0 bridgehead atoms. The first-order valence-corrected chi connectivity index (χ1v) is 9.00. The number of methoxy groups -OCH3 is 1. The Morgan fingerprint density at radius 3 is 2.67 bits per heavy atom. The van der Waals surface area contributed by atoms with Gasteiger partial charge in [0.15, 0.2) is 5.96 Å². The maximum atomic E-state index is 11.5. The van der Waals surface area contributed by atoms with E-state index in [-0.39, 0.29) is 35.9 Å². The Kier molecular flexibility index (Phi) is 9.95. The zero-order valence-electron chi connectivity index (χ0n) is 15.2. The molecule has 1 aliphatic heterocycles. The van der Waals surface area contributed by atoms with E-state index in [4.69, 9.17) is 4.74 Å². The summed E-state index contributed by atoms with van der Waals surface area (Å²) in [7, 11) is 1.42. The topological polar surface area (TPSA) is 66.0 Å². The number of aliphatic imine (C=N–C) groups is 1. The second-order valence-electron chi connectivity index (χ2n) is 6.71. The maximum Gasteiger partial charge on any atom is 0.310 e. The lowest BCUT2D eigenvalue weighted by Gasteiger charge is -2.24. The molecule has 0 radical (unpaired) electrons. The summed E-state index contributed by atoms with van der Waals surface area (Å²) in [6, 6.07) is 1.24. The summed E-state index contributed by atoms with van der Waals surface area (Å²) < 4.78 is 4.75. The molecule has 1 heterocycles. The van der Waals surface area contributed by atoms with Crippen molar-refractivity contribution >= 4 is 35.9 Å². The molecule has 0 amide bonds. The molecule has 6 nitrogen and oxygen atoms in total.